The number of nitro groups is 1. The fraction of sp³-hybridized carbons (Fsp3) is 0.278. The minimum Gasteiger partial charge on any atom is -0.433 e. The second kappa shape index (κ2) is 8.61. The van der Waals surface area contributed by atoms with Crippen LogP contribution in [-0.2, 0) is 4.74 Å². The van der Waals surface area contributed by atoms with Crippen molar-refractivity contribution >= 4 is 23.0 Å². The van der Waals surface area contributed by atoms with Gasteiger partial charge in [-0.3, -0.25) is 14.9 Å². The number of para-hydroxylation sites is 2. The molecular weight excluding hydrogens is 376 g/mol. The summed E-state index contributed by atoms with van der Waals surface area (Å²) in [6.07, 6.45) is 0. The maximum Gasteiger partial charge on any atom is 0.387 e. The van der Waals surface area contributed by atoms with Gasteiger partial charge in [0.05, 0.1) is 35.1 Å². The minimum atomic E-state index is -3.06. The Morgan fingerprint density at radius 1 is 1.21 bits per heavy atom. The van der Waals surface area contributed by atoms with Crippen molar-refractivity contribution in [3.63, 3.8) is 0 Å². The van der Waals surface area contributed by atoms with Gasteiger partial charge in [0.25, 0.3) is 11.6 Å². The maximum absolute atomic E-state index is 12.9. The fourth-order valence-corrected chi connectivity index (χ4v) is 2.86. The summed E-state index contributed by atoms with van der Waals surface area (Å²) in [4.78, 5) is 25.3. The number of hydrogen-bond donors (Lipinski definition) is 1. The van der Waals surface area contributed by atoms with Crippen LogP contribution in [0.25, 0.3) is 0 Å². The molecule has 0 atom stereocenters. The van der Waals surface area contributed by atoms with E-state index in [9.17, 15) is 23.7 Å². The molecule has 1 N–H and O–H groups in total. The van der Waals surface area contributed by atoms with Gasteiger partial charge in [0.2, 0.25) is 0 Å². The molecule has 0 radical (unpaired) electrons. The van der Waals surface area contributed by atoms with Crippen molar-refractivity contribution in [3.05, 3.63) is 58.1 Å². The van der Waals surface area contributed by atoms with Crippen LogP contribution in [0, 0.1) is 10.1 Å². The lowest BCUT2D eigenvalue weighted by atomic mass is 10.1. The third-order valence-electron chi connectivity index (χ3n) is 4.14. The van der Waals surface area contributed by atoms with E-state index in [4.69, 9.17) is 4.74 Å². The van der Waals surface area contributed by atoms with Crippen molar-refractivity contribution < 1.29 is 28.0 Å². The lowest BCUT2D eigenvalue weighted by Gasteiger charge is -2.30. The van der Waals surface area contributed by atoms with Crippen LogP contribution in [0.1, 0.15) is 10.4 Å². The molecule has 1 heterocycles. The highest BCUT2D eigenvalue weighted by Gasteiger charge is 2.23. The average Bonchev–Trinajstić information content (AvgIpc) is 2.69. The molecule has 8 nitrogen and oxygen atoms in total. The number of non-ortho nitro benzene ring substituents is 1. The summed E-state index contributed by atoms with van der Waals surface area (Å²) in [5, 5.41) is 13.6. The third kappa shape index (κ3) is 4.52. The number of nitrogens with zero attached hydrogens (tertiary/aromatic N) is 2. The molecule has 28 heavy (non-hydrogen) atoms. The molecule has 1 saturated heterocycles. The minimum absolute atomic E-state index is 0.0345. The summed E-state index contributed by atoms with van der Waals surface area (Å²) >= 11 is 0. The monoisotopic (exact) mass is 393 g/mol. The Morgan fingerprint density at radius 2 is 1.93 bits per heavy atom. The van der Waals surface area contributed by atoms with Gasteiger partial charge in [0, 0.05) is 25.2 Å². The van der Waals surface area contributed by atoms with Crippen molar-refractivity contribution in [3.8, 4) is 5.75 Å². The normalized spacial score (nSPS) is 14.0. The predicted molar refractivity (Wildman–Crippen MR) is 97.2 cm³/mol. The van der Waals surface area contributed by atoms with Crippen molar-refractivity contribution in [2.45, 2.75) is 6.61 Å². The van der Waals surface area contributed by atoms with Crippen LogP contribution < -0.4 is 15.0 Å². The molecule has 1 aliphatic heterocycles. The van der Waals surface area contributed by atoms with Gasteiger partial charge in [-0.25, -0.2) is 0 Å². The lowest BCUT2D eigenvalue weighted by Crippen LogP contribution is -2.37. The number of nitro benzene ring substituents is 1. The third-order valence-corrected chi connectivity index (χ3v) is 4.14. The Bertz CT molecular complexity index is 872. The van der Waals surface area contributed by atoms with Gasteiger partial charge in [-0.15, -0.1) is 0 Å². The first-order valence-corrected chi connectivity index (χ1v) is 8.42. The van der Waals surface area contributed by atoms with E-state index in [1.54, 1.807) is 6.07 Å². The van der Waals surface area contributed by atoms with Crippen molar-refractivity contribution in [1.82, 2.24) is 0 Å². The predicted octanol–water partition coefficient (Wildman–Crippen LogP) is 3.29. The van der Waals surface area contributed by atoms with Gasteiger partial charge in [-0.05, 0) is 18.2 Å². The number of carbonyl (C=O) groups excluding carboxylic acids is 1. The molecule has 1 amide bonds. The molecule has 0 unspecified atom stereocenters. The molecule has 10 heteroatoms. The number of morpholine rings is 1. The maximum atomic E-state index is 12.9. The Hall–Kier alpha value is -3.27. The SMILES string of the molecule is O=C(Nc1ccccc1OC(F)F)c1cc([N+](=O)[O-])ccc1N1CCOCC1. The van der Waals surface area contributed by atoms with Gasteiger partial charge in [0.15, 0.2) is 0 Å². The zero-order valence-corrected chi connectivity index (χ0v) is 14.6. The number of ether oxygens (including phenoxy) is 2. The van der Waals surface area contributed by atoms with E-state index >= 15 is 0 Å². The number of amides is 1. The smallest absolute Gasteiger partial charge is 0.387 e. The number of nitrogens with one attached hydrogen (secondary N) is 1. The molecular formula is C18H17F2N3O5. The summed E-state index contributed by atoms with van der Waals surface area (Å²) in [6.45, 7) is -1.10. The van der Waals surface area contributed by atoms with Crippen LogP contribution in [-0.4, -0.2) is 43.7 Å². The van der Waals surface area contributed by atoms with Gasteiger partial charge in [-0.1, -0.05) is 12.1 Å². The summed E-state index contributed by atoms with van der Waals surface area (Å²) < 4.78 is 34.9. The Balaban J connectivity index is 1.93. The van der Waals surface area contributed by atoms with Gasteiger partial charge < -0.3 is 19.7 Å². The zero-order chi connectivity index (χ0) is 20.1. The van der Waals surface area contributed by atoms with E-state index in [-0.39, 0.29) is 22.7 Å². The van der Waals surface area contributed by atoms with Crippen LogP contribution in [0.5, 0.6) is 5.75 Å². The van der Waals surface area contributed by atoms with E-state index < -0.39 is 17.4 Å². The topological polar surface area (TPSA) is 93.9 Å². The van der Waals surface area contributed by atoms with Crippen LogP contribution in [0.15, 0.2) is 42.5 Å². The quantitative estimate of drug-likeness (QED) is 0.598. The van der Waals surface area contributed by atoms with E-state index in [0.717, 1.165) is 6.07 Å². The number of anilines is 2. The largest absolute Gasteiger partial charge is 0.433 e. The summed E-state index contributed by atoms with van der Waals surface area (Å²) in [6, 6.07) is 9.70. The lowest BCUT2D eigenvalue weighted by molar-refractivity contribution is -0.384. The molecule has 2 aromatic rings. The average molecular weight is 393 g/mol. The number of hydrogen-bond acceptors (Lipinski definition) is 6. The van der Waals surface area contributed by atoms with E-state index in [2.05, 4.69) is 10.1 Å². The number of carbonyl (C=O) groups is 1. The second-order valence-corrected chi connectivity index (χ2v) is 5.89. The van der Waals surface area contributed by atoms with E-state index in [1.165, 1.54) is 30.3 Å². The van der Waals surface area contributed by atoms with E-state index in [0.29, 0.717) is 32.0 Å². The van der Waals surface area contributed by atoms with Crippen molar-refractivity contribution in [1.29, 1.82) is 0 Å². The molecule has 1 aliphatic rings. The summed E-state index contributed by atoms with van der Waals surface area (Å²) in [7, 11) is 0. The molecule has 3 rings (SSSR count). The van der Waals surface area contributed by atoms with Crippen molar-refractivity contribution in [2.24, 2.45) is 0 Å². The highest BCUT2D eigenvalue weighted by molar-refractivity contribution is 6.09. The van der Waals surface area contributed by atoms with Crippen LogP contribution in [0.2, 0.25) is 0 Å². The summed E-state index contributed by atoms with van der Waals surface area (Å²) in [5.41, 5.74) is 0.341. The first-order chi connectivity index (χ1) is 13.5. The molecule has 0 saturated carbocycles. The van der Waals surface area contributed by atoms with Gasteiger partial charge >= 0.3 is 6.61 Å². The van der Waals surface area contributed by atoms with Crippen LogP contribution in [0.4, 0.5) is 25.8 Å². The van der Waals surface area contributed by atoms with Crippen LogP contribution >= 0.6 is 0 Å². The molecule has 0 aliphatic carbocycles. The molecule has 0 spiro atoms. The number of benzene rings is 2. The first-order valence-electron chi connectivity index (χ1n) is 8.42. The molecule has 0 aromatic heterocycles. The van der Waals surface area contributed by atoms with Gasteiger partial charge in [0.1, 0.15) is 5.75 Å². The molecule has 0 bridgehead atoms. The zero-order valence-electron chi connectivity index (χ0n) is 14.6. The Labute approximate surface area is 158 Å². The fourth-order valence-electron chi connectivity index (χ4n) is 2.86. The molecule has 1 fully saturated rings. The van der Waals surface area contributed by atoms with E-state index in [1.807, 2.05) is 4.90 Å². The second-order valence-electron chi connectivity index (χ2n) is 5.89. The number of alkyl halides is 2. The van der Waals surface area contributed by atoms with Gasteiger partial charge in [-0.2, -0.15) is 8.78 Å². The Kier molecular flexibility index (Phi) is 5.99. The molecule has 2 aromatic carbocycles. The Morgan fingerprint density at radius 3 is 2.61 bits per heavy atom. The van der Waals surface area contributed by atoms with Crippen molar-refractivity contribution in [2.75, 3.05) is 36.5 Å². The molecule has 148 valence electrons. The number of rotatable bonds is 6. The standard InChI is InChI=1S/C18H17F2N3O5/c19-18(20)28-16-4-2-1-3-14(16)21-17(24)13-11-12(23(25)26)5-6-15(13)22-7-9-27-10-8-22/h1-6,11,18H,7-10H2,(H,21,24). The highest BCUT2D eigenvalue weighted by Crippen LogP contribution is 2.30. The summed E-state index contributed by atoms with van der Waals surface area (Å²) in [5.74, 6) is -0.875. The van der Waals surface area contributed by atoms with Crippen LogP contribution in [0.3, 0.4) is 0 Å². The highest BCUT2D eigenvalue weighted by atomic mass is 19.3. The first kappa shape index (κ1) is 19.5. The number of halogens is 2.